The molecule has 2 heterocycles. The maximum Gasteiger partial charge on any atom is 0.410 e. The van der Waals surface area contributed by atoms with E-state index in [1.165, 1.54) is 34.5 Å². The summed E-state index contributed by atoms with van der Waals surface area (Å²) < 4.78 is 38.4. The van der Waals surface area contributed by atoms with E-state index in [2.05, 4.69) is 5.32 Å². The lowest BCUT2D eigenvalue weighted by molar-refractivity contribution is -0.120. The van der Waals surface area contributed by atoms with Crippen LogP contribution in [0.25, 0.3) is 0 Å². The number of amides is 2. The molecule has 0 aliphatic carbocycles. The number of hydrogen-bond acceptors (Lipinski definition) is 6. The summed E-state index contributed by atoms with van der Waals surface area (Å²) in [4.78, 5) is 27.1. The molecular formula is C22H33N3O6S. The fourth-order valence-electron chi connectivity index (χ4n) is 3.99. The van der Waals surface area contributed by atoms with Crippen molar-refractivity contribution in [1.29, 1.82) is 0 Å². The monoisotopic (exact) mass is 467 g/mol. The lowest BCUT2D eigenvalue weighted by atomic mass is 10.2. The number of nitrogens with one attached hydrogen (secondary N) is 1. The van der Waals surface area contributed by atoms with Crippen molar-refractivity contribution < 1.29 is 27.5 Å². The van der Waals surface area contributed by atoms with Crippen LogP contribution in [0, 0.1) is 0 Å². The Balaban J connectivity index is 1.80. The fraction of sp³-hybridized carbons (Fsp3) is 0.636. The number of rotatable bonds is 5. The number of sulfonamides is 1. The molecule has 2 aliphatic rings. The Morgan fingerprint density at radius 3 is 2.38 bits per heavy atom. The third kappa shape index (κ3) is 5.53. The van der Waals surface area contributed by atoms with Crippen molar-refractivity contribution in [2.24, 2.45) is 0 Å². The van der Waals surface area contributed by atoms with Crippen molar-refractivity contribution in [3.05, 3.63) is 18.2 Å². The molecule has 0 radical (unpaired) electrons. The summed E-state index contributed by atoms with van der Waals surface area (Å²) in [5.41, 5.74) is -0.409. The second-order valence-corrected chi connectivity index (χ2v) is 11.1. The van der Waals surface area contributed by atoms with Crippen LogP contribution in [0.5, 0.6) is 5.75 Å². The van der Waals surface area contributed by atoms with Gasteiger partial charge in [0.05, 0.1) is 17.7 Å². The lowest BCUT2D eigenvalue weighted by Gasteiger charge is -2.28. The first-order valence-electron chi connectivity index (χ1n) is 11.0. The molecule has 2 amide bonds. The van der Waals surface area contributed by atoms with Gasteiger partial charge in [0.25, 0.3) is 0 Å². The molecular weight excluding hydrogens is 434 g/mol. The molecule has 0 aromatic heterocycles. The van der Waals surface area contributed by atoms with Gasteiger partial charge in [-0.1, -0.05) is 6.42 Å². The highest BCUT2D eigenvalue weighted by Gasteiger charge is 2.37. The molecule has 1 aromatic carbocycles. The minimum Gasteiger partial charge on any atom is -0.495 e. The van der Waals surface area contributed by atoms with E-state index in [9.17, 15) is 18.0 Å². The van der Waals surface area contributed by atoms with E-state index in [4.69, 9.17) is 9.47 Å². The molecule has 10 heteroatoms. The molecule has 1 atom stereocenters. The number of piperidine rings is 1. The summed E-state index contributed by atoms with van der Waals surface area (Å²) in [5, 5.41) is 2.77. The Labute approximate surface area is 190 Å². The summed E-state index contributed by atoms with van der Waals surface area (Å²) in [7, 11) is -2.22. The third-order valence-electron chi connectivity index (χ3n) is 5.57. The minimum absolute atomic E-state index is 0.103. The molecule has 1 N–H and O–H groups in total. The SMILES string of the molecule is COc1ccc(S(=O)(=O)N2CCCCC2)cc1NC(=O)[C@@H]1CCCN1C(=O)OC(C)(C)C. The van der Waals surface area contributed by atoms with Gasteiger partial charge in [0, 0.05) is 19.6 Å². The standard InChI is InChI=1S/C22H33N3O6S/c1-22(2,3)31-21(27)25-14-8-9-18(25)20(26)23-17-15-16(10-11-19(17)30-4)32(28,29)24-12-6-5-7-13-24/h10-11,15,18H,5-9,12-14H2,1-4H3,(H,23,26)/t18-/m0/s1. The van der Waals surface area contributed by atoms with E-state index in [0.717, 1.165) is 19.3 Å². The zero-order valence-corrected chi connectivity index (χ0v) is 20.0. The van der Waals surface area contributed by atoms with Crippen LogP contribution in [0.1, 0.15) is 52.9 Å². The number of likely N-dealkylation sites (tertiary alicyclic amines) is 1. The maximum absolute atomic E-state index is 13.1. The molecule has 2 fully saturated rings. The van der Waals surface area contributed by atoms with Crippen LogP contribution in [-0.4, -0.2) is 68.0 Å². The molecule has 2 saturated heterocycles. The van der Waals surface area contributed by atoms with Gasteiger partial charge in [0.15, 0.2) is 0 Å². The number of methoxy groups -OCH3 is 1. The Kier molecular flexibility index (Phi) is 7.34. The molecule has 32 heavy (non-hydrogen) atoms. The summed E-state index contributed by atoms with van der Waals surface area (Å²) in [6.45, 7) is 6.72. The number of carbonyl (C=O) groups excluding carboxylic acids is 2. The number of hydrogen-bond donors (Lipinski definition) is 1. The van der Waals surface area contributed by atoms with Gasteiger partial charge in [-0.25, -0.2) is 13.2 Å². The zero-order valence-electron chi connectivity index (χ0n) is 19.2. The average molecular weight is 468 g/mol. The average Bonchev–Trinajstić information content (AvgIpc) is 3.23. The molecule has 178 valence electrons. The van der Waals surface area contributed by atoms with E-state index in [0.29, 0.717) is 38.2 Å². The van der Waals surface area contributed by atoms with Crippen molar-refractivity contribution in [2.75, 3.05) is 32.1 Å². The fourth-order valence-corrected chi connectivity index (χ4v) is 5.54. The molecule has 0 spiro atoms. The summed E-state index contributed by atoms with van der Waals surface area (Å²) >= 11 is 0. The molecule has 1 aromatic rings. The van der Waals surface area contributed by atoms with Crippen molar-refractivity contribution in [3.8, 4) is 5.75 Å². The number of anilines is 1. The molecule has 0 bridgehead atoms. The van der Waals surface area contributed by atoms with Gasteiger partial charge in [0.1, 0.15) is 17.4 Å². The Bertz CT molecular complexity index is 951. The predicted octanol–water partition coefficient (Wildman–Crippen LogP) is 3.21. The normalized spacial score (nSPS) is 20.1. The van der Waals surface area contributed by atoms with E-state index >= 15 is 0 Å². The van der Waals surface area contributed by atoms with Crippen LogP contribution in [0.4, 0.5) is 10.5 Å². The highest BCUT2D eigenvalue weighted by atomic mass is 32.2. The first kappa shape index (κ1) is 24.3. The highest BCUT2D eigenvalue weighted by Crippen LogP contribution is 2.31. The van der Waals surface area contributed by atoms with Gasteiger partial charge >= 0.3 is 6.09 Å². The van der Waals surface area contributed by atoms with Gasteiger partial charge in [-0.15, -0.1) is 0 Å². The van der Waals surface area contributed by atoms with Crippen LogP contribution < -0.4 is 10.1 Å². The van der Waals surface area contributed by atoms with Gasteiger partial charge in [-0.2, -0.15) is 4.31 Å². The van der Waals surface area contributed by atoms with Gasteiger partial charge in [-0.05, 0) is 64.7 Å². The first-order valence-corrected chi connectivity index (χ1v) is 12.5. The van der Waals surface area contributed by atoms with Gasteiger partial charge in [0.2, 0.25) is 15.9 Å². The molecule has 0 saturated carbocycles. The van der Waals surface area contributed by atoms with Crippen molar-refractivity contribution in [2.45, 2.75) is 69.4 Å². The third-order valence-corrected chi connectivity index (χ3v) is 7.46. The summed E-state index contributed by atoms with van der Waals surface area (Å²) in [6.07, 6.45) is 3.33. The number of carbonyl (C=O) groups is 2. The second-order valence-electron chi connectivity index (χ2n) is 9.15. The number of ether oxygens (including phenoxy) is 2. The highest BCUT2D eigenvalue weighted by molar-refractivity contribution is 7.89. The maximum atomic E-state index is 13.1. The second kappa shape index (κ2) is 9.66. The van der Waals surface area contributed by atoms with Crippen LogP contribution in [0.2, 0.25) is 0 Å². The quantitative estimate of drug-likeness (QED) is 0.713. The molecule has 9 nitrogen and oxygen atoms in total. The topological polar surface area (TPSA) is 105 Å². The smallest absolute Gasteiger partial charge is 0.410 e. The molecule has 0 unspecified atom stereocenters. The Hall–Kier alpha value is -2.33. The van der Waals surface area contributed by atoms with Gasteiger partial charge < -0.3 is 14.8 Å². The van der Waals surface area contributed by atoms with E-state index in [1.807, 2.05) is 0 Å². The largest absolute Gasteiger partial charge is 0.495 e. The van der Waals surface area contributed by atoms with Crippen LogP contribution in [-0.2, 0) is 19.6 Å². The first-order chi connectivity index (χ1) is 15.0. The Morgan fingerprint density at radius 2 is 1.75 bits per heavy atom. The lowest BCUT2D eigenvalue weighted by Crippen LogP contribution is -2.45. The minimum atomic E-state index is -3.67. The van der Waals surface area contributed by atoms with Crippen LogP contribution in [0.15, 0.2) is 23.1 Å². The molecule has 3 rings (SSSR count). The van der Waals surface area contributed by atoms with Crippen LogP contribution in [0.3, 0.4) is 0 Å². The summed E-state index contributed by atoms with van der Waals surface area (Å²) in [5.74, 6) is -0.0584. The number of benzene rings is 1. The van der Waals surface area contributed by atoms with Gasteiger partial charge in [-0.3, -0.25) is 9.69 Å². The van der Waals surface area contributed by atoms with E-state index < -0.39 is 33.7 Å². The van der Waals surface area contributed by atoms with E-state index in [-0.39, 0.29) is 10.6 Å². The Morgan fingerprint density at radius 1 is 1.06 bits per heavy atom. The number of nitrogens with zero attached hydrogens (tertiary/aromatic N) is 2. The predicted molar refractivity (Wildman–Crippen MR) is 120 cm³/mol. The van der Waals surface area contributed by atoms with Crippen LogP contribution >= 0.6 is 0 Å². The van der Waals surface area contributed by atoms with E-state index in [1.54, 1.807) is 20.8 Å². The van der Waals surface area contributed by atoms with Crippen molar-refractivity contribution in [3.63, 3.8) is 0 Å². The molecule has 2 aliphatic heterocycles. The van der Waals surface area contributed by atoms with Crippen molar-refractivity contribution >= 4 is 27.7 Å². The summed E-state index contributed by atoms with van der Waals surface area (Å²) in [6, 6.07) is 3.75. The zero-order chi connectivity index (χ0) is 23.5. The van der Waals surface area contributed by atoms with Crippen molar-refractivity contribution in [1.82, 2.24) is 9.21 Å².